The average Bonchev–Trinajstić information content (AvgIpc) is 2.76. The van der Waals surface area contributed by atoms with Gasteiger partial charge in [0.15, 0.2) is 5.13 Å². The van der Waals surface area contributed by atoms with Crippen LogP contribution < -0.4 is 16.8 Å². The van der Waals surface area contributed by atoms with Crippen molar-refractivity contribution in [1.29, 1.82) is 0 Å². The molecule has 0 aliphatic rings. The third kappa shape index (κ3) is 3.23. The second-order valence-electron chi connectivity index (χ2n) is 4.57. The van der Waals surface area contributed by atoms with E-state index in [9.17, 15) is 4.79 Å². The van der Waals surface area contributed by atoms with Gasteiger partial charge in [-0.15, -0.1) is 11.3 Å². The normalized spacial score (nSPS) is 10.7. The summed E-state index contributed by atoms with van der Waals surface area (Å²) >= 11 is 1.40. The van der Waals surface area contributed by atoms with Gasteiger partial charge >= 0.3 is 0 Å². The Balaban J connectivity index is 2.15. The van der Waals surface area contributed by atoms with Crippen molar-refractivity contribution in [2.24, 2.45) is 0 Å². The van der Waals surface area contributed by atoms with Gasteiger partial charge < -0.3 is 11.5 Å². The molecule has 100 valence electrons. The lowest BCUT2D eigenvalue weighted by atomic mass is 10.1. The Kier molecular flexibility index (Phi) is 3.71. The molecule has 0 aliphatic carbocycles. The van der Waals surface area contributed by atoms with E-state index in [-0.39, 0.29) is 5.91 Å². The van der Waals surface area contributed by atoms with E-state index >= 15 is 0 Å². The number of hydrogen-bond acceptors (Lipinski definition) is 5. The van der Waals surface area contributed by atoms with Gasteiger partial charge in [-0.25, -0.2) is 4.98 Å². The molecule has 2 aromatic rings. The van der Waals surface area contributed by atoms with Gasteiger partial charge in [0.2, 0.25) is 0 Å². The minimum atomic E-state index is -0.261. The molecule has 5 nitrogen and oxygen atoms in total. The molecule has 19 heavy (non-hydrogen) atoms. The van der Waals surface area contributed by atoms with E-state index < -0.39 is 0 Å². The number of thiazole rings is 1. The molecule has 0 saturated heterocycles. The van der Waals surface area contributed by atoms with Crippen LogP contribution in [0.4, 0.5) is 16.5 Å². The topological polar surface area (TPSA) is 94.0 Å². The molecule has 0 aliphatic heterocycles. The number of nitrogens with two attached hydrogens (primary N) is 2. The number of carbonyl (C=O) groups excluding carboxylic acids is 1. The van der Waals surface area contributed by atoms with Crippen molar-refractivity contribution < 1.29 is 4.79 Å². The summed E-state index contributed by atoms with van der Waals surface area (Å²) in [4.78, 5) is 16.4. The van der Waals surface area contributed by atoms with Crippen LogP contribution in [0.2, 0.25) is 0 Å². The molecule has 5 N–H and O–H groups in total. The molecule has 0 radical (unpaired) electrons. The van der Waals surface area contributed by atoms with E-state index in [0.717, 1.165) is 5.69 Å². The predicted octanol–water partition coefficient (Wildman–Crippen LogP) is 2.68. The van der Waals surface area contributed by atoms with Crippen LogP contribution in [0.5, 0.6) is 0 Å². The van der Waals surface area contributed by atoms with E-state index in [4.69, 9.17) is 11.5 Å². The monoisotopic (exact) mass is 276 g/mol. The lowest BCUT2D eigenvalue weighted by Gasteiger charge is -2.04. The third-order valence-electron chi connectivity index (χ3n) is 2.57. The number of amides is 1. The highest BCUT2D eigenvalue weighted by Crippen LogP contribution is 2.22. The number of nitrogens with one attached hydrogen (secondary N) is 1. The van der Waals surface area contributed by atoms with Crippen LogP contribution in [0.3, 0.4) is 0 Å². The molecule has 0 saturated carbocycles. The smallest absolute Gasteiger partial charge is 0.257 e. The minimum absolute atomic E-state index is 0.261. The highest BCUT2D eigenvalue weighted by molar-refractivity contribution is 7.14. The fourth-order valence-corrected chi connectivity index (χ4v) is 2.45. The number of rotatable bonds is 3. The standard InChI is InChI=1S/C13H16N4OS/c1-7(2)11-6-19-13(16-11)17-12(18)8-3-9(14)5-10(15)4-8/h3-7H,14-15H2,1-2H3,(H,16,17,18). The van der Waals surface area contributed by atoms with Gasteiger partial charge in [0.1, 0.15) is 0 Å². The zero-order chi connectivity index (χ0) is 14.0. The molecular formula is C13H16N4OS. The zero-order valence-corrected chi connectivity index (χ0v) is 11.6. The maximum Gasteiger partial charge on any atom is 0.257 e. The largest absolute Gasteiger partial charge is 0.399 e. The Labute approximate surface area is 115 Å². The molecule has 0 unspecified atom stereocenters. The van der Waals surface area contributed by atoms with Crippen LogP contribution in [0, 0.1) is 0 Å². The summed E-state index contributed by atoms with van der Waals surface area (Å²) < 4.78 is 0. The minimum Gasteiger partial charge on any atom is -0.399 e. The highest BCUT2D eigenvalue weighted by atomic mass is 32.1. The number of carbonyl (C=O) groups is 1. The summed E-state index contributed by atoms with van der Waals surface area (Å²) in [6, 6.07) is 4.78. The molecular weight excluding hydrogens is 260 g/mol. The molecule has 1 aromatic carbocycles. The quantitative estimate of drug-likeness (QED) is 0.751. The first-order chi connectivity index (χ1) is 8.95. The second-order valence-corrected chi connectivity index (χ2v) is 5.43. The molecule has 1 amide bonds. The fourth-order valence-electron chi connectivity index (χ4n) is 1.59. The van der Waals surface area contributed by atoms with Crippen molar-refractivity contribution in [2.45, 2.75) is 19.8 Å². The van der Waals surface area contributed by atoms with Crippen molar-refractivity contribution in [2.75, 3.05) is 16.8 Å². The SMILES string of the molecule is CC(C)c1csc(NC(=O)c2cc(N)cc(N)c2)n1. The van der Waals surface area contributed by atoms with Gasteiger partial charge in [-0.1, -0.05) is 13.8 Å². The highest BCUT2D eigenvalue weighted by Gasteiger charge is 2.11. The van der Waals surface area contributed by atoms with E-state index in [0.29, 0.717) is 28.0 Å². The van der Waals surface area contributed by atoms with E-state index in [1.54, 1.807) is 18.2 Å². The van der Waals surface area contributed by atoms with Gasteiger partial charge in [-0.3, -0.25) is 10.1 Å². The number of anilines is 3. The molecule has 1 aromatic heterocycles. The van der Waals surface area contributed by atoms with Gasteiger partial charge in [0, 0.05) is 22.3 Å². The van der Waals surface area contributed by atoms with E-state index in [1.165, 1.54) is 11.3 Å². The van der Waals surface area contributed by atoms with Crippen LogP contribution in [0.1, 0.15) is 35.8 Å². The van der Waals surface area contributed by atoms with Gasteiger partial charge in [-0.2, -0.15) is 0 Å². The van der Waals surface area contributed by atoms with Crippen molar-refractivity contribution in [1.82, 2.24) is 4.98 Å². The first-order valence-electron chi connectivity index (χ1n) is 5.88. The second kappa shape index (κ2) is 5.27. The summed E-state index contributed by atoms with van der Waals surface area (Å²) in [5.74, 6) is 0.0774. The molecule has 6 heteroatoms. The van der Waals surface area contributed by atoms with E-state index in [2.05, 4.69) is 24.1 Å². The maximum atomic E-state index is 12.0. The summed E-state index contributed by atoms with van der Waals surface area (Å²) in [5.41, 5.74) is 13.6. The van der Waals surface area contributed by atoms with Crippen LogP contribution in [0.15, 0.2) is 23.6 Å². The number of hydrogen-bond donors (Lipinski definition) is 3. The summed E-state index contributed by atoms with van der Waals surface area (Å²) in [6.45, 7) is 4.11. The van der Waals surface area contributed by atoms with Crippen LogP contribution in [-0.2, 0) is 0 Å². The number of benzene rings is 1. The van der Waals surface area contributed by atoms with Gasteiger partial charge in [-0.05, 0) is 24.1 Å². The summed E-state index contributed by atoms with van der Waals surface area (Å²) in [5, 5.41) is 5.26. The zero-order valence-electron chi connectivity index (χ0n) is 10.8. The summed E-state index contributed by atoms with van der Waals surface area (Å²) in [6.07, 6.45) is 0. The number of aromatic nitrogens is 1. The molecule has 0 spiro atoms. The van der Waals surface area contributed by atoms with Crippen molar-refractivity contribution in [3.05, 3.63) is 34.8 Å². The Bertz CT molecular complexity index is 586. The van der Waals surface area contributed by atoms with Crippen molar-refractivity contribution in [3.63, 3.8) is 0 Å². The van der Waals surface area contributed by atoms with Crippen molar-refractivity contribution in [3.8, 4) is 0 Å². The number of nitrogens with zero attached hydrogens (tertiary/aromatic N) is 1. The van der Waals surface area contributed by atoms with Crippen LogP contribution >= 0.6 is 11.3 Å². The van der Waals surface area contributed by atoms with Gasteiger partial charge in [0.25, 0.3) is 5.91 Å². The lowest BCUT2D eigenvalue weighted by molar-refractivity contribution is 0.102. The molecule has 2 rings (SSSR count). The van der Waals surface area contributed by atoms with Gasteiger partial charge in [0.05, 0.1) is 5.69 Å². The van der Waals surface area contributed by atoms with Crippen LogP contribution in [-0.4, -0.2) is 10.9 Å². The average molecular weight is 276 g/mol. The predicted molar refractivity (Wildman–Crippen MR) is 79.4 cm³/mol. The molecule has 0 atom stereocenters. The van der Waals surface area contributed by atoms with Crippen LogP contribution in [0.25, 0.3) is 0 Å². The Hall–Kier alpha value is -2.08. The molecule has 1 heterocycles. The first kappa shape index (κ1) is 13.4. The Morgan fingerprint density at radius 1 is 1.26 bits per heavy atom. The van der Waals surface area contributed by atoms with E-state index in [1.807, 2.05) is 5.38 Å². The maximum absolute atomic E-state index is 12.0. The Morgan fingerprint density at radius 3 is 2.42 bits per heavy atom. The first-order valence-corrected chi connectivity index (χ1v) is 6.76. The summed E-state index contributed by atoms with van der Waals surface area (Å²) in [7, 11) is 0. The molecule has 0 bridgehead atoms. The van der Waals surface area contributed by atoms with Crippen molar-refractivity contribution >= 4 is 33.8 Å². The number of nitrogen functional groups attached to an aromatic ring is 2. The fraction of sp³-hybridized carbons (Fsp3) is 0.231. The third-order valence-corrected chi connectivity index (χ3v) is 3.35. The lowest BCUT2D eigenvalue weighted by Crippen LogP contribution is -2.12. The molecule has 0 fully saturated rings. The Morgan fingerprint density at radius 2 is 1.89 bits per heavy atom.